The Morgan fingerprint density at radius 1 is 1.07 bits per heavy atom. The van der Waals surface area contributed by atoms with E-state index in [9.17, 15) is 9.18 Å². The fourth-order valence-electron chi connectivity index (χ4n) is 8.05. The number of ether oxygens (including phenoxy) is 1. The van der Waals surface area contributed by atoms with Crippen molar-refractivity contribution in [3.05, 3.63) is 71.1 Å². The van der Waals surface area contributed by atoms with Crippen molar-refractivity contribution in [2.75, 3.05) is 50.8 Å². The topological polar surface area (TPSA) is 66.2 Å². The van der Waals surface area contributed by atoms with Crippen LogP contribution in [-0.2, 0) is 17.6 Å². The molecule has 0 bridgehead atoms. The summed E-state index contributed by atoms with van der Waals surface area (Å²) in [6, 6.07) is 9.11. The molecule has 3 saturated heterocycles. The maximum atomic E-state index is 16.1. The monoisotopic (exact) mass is 612 g/mol. The van der Waals surface area contributed by atoms with Crippen LogP contribution in [0.5, 0.6) is 6.01 Å². The number of benzene rings is 2. The Bertz CT molecular complexity index is 1690. The standard InChI is InChI=1S/C35H38F2N6O2/c1-23(36)33(44)43-17-16-41(21-25(43)20-38-2)32-29-18-30(37)28(27-11-5-9-24-8-3-4-10-26(24)27)19-31(29)39-34(40-32)45-22-35-12-6-14-42(35)15-7-13-35/h5,9,11,18-19,25H,1,3-4,6-8,10,12-17,20-22H2/t25-/m0/s1. The highest BCUT2D eigenvalue weighted by Crippen LogP contribution is 2.40. The minimum absolute atomic E-state index is 0.00211. The predicted octanol–water partition coefficient (Wildman–Crippen LogP) is 5.74. The largest absolute Gasteiger partial charge is 0.461 e. The van der Waals surface area contributed by atoms with E-state index < -0.39 is 17.8 Å². The maximum Gasteiger partial charge on any atom is 0.319 e. The first-order chi connectivity index (χ1) is 21.9. The van der Waals surface area contributed by atoms with E-state index in [0.29, 0.717) is 35.4 Å². The lowest BCUT2D eigenvalue weighted by atomic mass is 9.85. The van der Waals surface area contributed by atoms with Crippen LogP contribution in [0, 0.1) is 12.4 Å². The van der Waals surface area contributed by atoms with Crippen molar-refractivity contribution in [3.63, 3.8) is 0 Å². The molecule has 1 amide bonds. The van der Waals surface area contributed by atoms with Crippen molar-refractivity contribution in [3.8, 4) is 17.1 Å². The summed E-state index contributed by atoms with van der Waals surface area (Å²) in [6.07, 6.45) is 8.59. The van der Waals surface area contributed by atoms with Crippen LogP contribution >= 0.6 is 0 Å². The minimum Gasteiger partial charge on any atom is -0.461 e. The van der Waals surface area contributed by atoms with Gasteiger partial charge in [0.05, 0.1) is 11.1 Å². The zero-order chi connectivity index (χ0) is 31.1. The zero-order valence-electron chi connectivity index (χ0n) is 25.5. The summed E-state index contributed by atoms with van der Waals surface area (Å²) in [6.45, 7) is 14.0. The minimum atomic E-state index is -1.05. The highest BCUT2D eigenvalue weighted by Gasteiger charge is 2.45. The summed E-state index contributed by atoms with van der Waals surface area (Å²) in [5, 5.41) is 0.533. The molecule has 4 heterocycles. The van der Waals surface area contributed by atoms with Gasteiger partial charge in [-0.2, -0.15) is 9.97 Å². The molecule has 7 rings (SSSR count). The van der Waals surface area contributed by atoms with E-state index in [1.807, 2.05) is 23.1 Å². The number of halogens is 2. The third-order valence-corrected chi connectivity index (χ3v) is 10.3. The molecule has 0 unspecified atom stereocenters. The number of nitrogens with zero attached hydrogens (tertiary/aromatic N) is 6. The molecule has 1 aliphatic carbocycles. The van der Waals surface area contributed by atoms with Gasteiger partial charge in [-0.3, -0.25) is 9.69 Å². The van der Waals surface area contributed by atoms with Gasteiger partial charge in [0.25, 0.3) is 5.91 Å². The Hall–Kier alpha value is -4.10. The molecule has 1 aromatic heterocycles. The van der Waals surface area contributed by atoms with Gasteiger partial charge in [-0.05, 0) is 93.3 Å². The predicted molar refractivity (Wildman–Crippen MR) is 169 cm³/mol. The average Bonchev–Trinajstić information content (AvgIpc) is 3.64. The Morgan fingerprint density at radius 2 is 1.87 bits per heavy atom. The van der Waals surface area contributed by atoms with E-state index in [1.165, 1.54) is 22.1 Å². The molecule has 234 valence electrons. The lowest BCUT2D eigenvalue weighted by Gasteiger charge is -2.39. The van der Waals surface area contributed by atoms with Crippen LogP contribution in [0.3, 0.4) is 0 Å². The van der Waals surface area contributed by atoms with Crippen LogP contribution in [0.4, 0.5) is 14.6 Å². The molecule has 1 atom stereocenters. The van der Waals surface area contributed by atoms with Gasteiger partial charge in [0, 0.05) is 30.6 Å². The highest BCUT2D eigenvalue weighted by molar-refractivity contribution is 5.94. The quantitative estimate of drug-likeness (QED) is 0.251. The second kappa shape index (κ2) is 12.0. The normalized spacial score (nSPS) is 21.0. The van der Waals surface area contributed by atoms with Crippen LogP contribution < -0.4 is 9.64 Å². The Kier molecular flexibility index (Phi) is 7.90. The van der Waals surface area contributed by atoms with E-state index >= 15 is 4.39 Å². The smallest absolute Gasteiger partial charge is 0.319 e. The molecule has 3 aromatic rings. The third kappa shape index (κ3) is 5.41. The molecular weight excluding hydrogens is 574 g/mol. The number of piperazine rings is 1. The summed E-state index contributed by atoms with van der Waals surface area (Å²) in [5.41, 5.74) is 4.46. The number of amides is 1. The van der Waals surface area contributed by atoms with Gasteiger partial charge in [-0.1, -0.05) is 24.8 Å². The van der Waals surface area contributed by atoms with Crippen LogP contribution in [0.1, 0.15) is 49.7 Å². The van der Waals surface area contributed by atoms with Gasteiger partial charge in [0.2, 0.25) is 6.54 Å². The van der Waals surface area contributed by atoms with Crippen LogP contribution in [0.2, 0.25) is 0 Å². The molecule has 45 heavy (non-hydrogen) atoms. The van der Waals surface area contributed by atoms with Crippen molar-refractivity contribution in [1.82, 2.24) is 19.8 Å². The van der Waals surface area contributed by atoms with E-state index in [0.717, 1.165) is 70.0 Å². The number of aryl methyl sites for hydroxylation is 1. The van der Waals surface area contributed by atoms with Crippen molar-refractivity contribution in [2.24, 2.45) is 0 Å². The molecule has 3 aliphatic heterocycles. The van der Waals surface area contributed by atoms with Crippen LogP contribution in [-0.4, -0.2) is 83.1 Å². The number of hydrogen-bond acceptors (Lipinski definition) is 6. The second-order valence-corrected chi connectivity index (χ2v) is 12.9. The molecule has 0 spiro atoms. The van der Waals surface area contributed by atoms with E-state index in [2.05, 4.69) is 22.4 Å². The molecule has 3 fully saturated rings. The van der Waals surface area contributed by atoms with Gasteiger partial charge in [-0.15, -0.1) is 0 Å². The van der Waals surface area contributed by atoms with Crippen molar-refractivity contribution in [2.45, 2.75) is 62.9 Å². The summed E-state index contributed by atoms with van der Waals surface area (Å²) < 4.78 is 36.4. The maximum absolute atomic E-state index is 16.1. The molecule has 0 saturated carbocycles. The number of rotatable bonds is 7. The number of aromatic nitrogens is 2. The van der Waals surface area contributed by atoms with Gasteiger partial charge in [0.15, 0.2) is 5.83 Å². The SMILES string of the molecule is [C-]#[N+]C[C@H]1CN(c2nc(OCC34CCCN3CCC4)nc3cc(-c4cccc5c4CCCC5)c(F)cc23)CCN1C(=O)C(=C)F. The first-order valence-corrected chi connectivity index (χ1v) is 16.1. The number of carbonyl (C=O) groups excluding carboxylic acids is 1. The van der Waals surface area contributed by atoms with Crippen molar-refractivity contribution < 1.29 is 18.3 Å². The van der Waals surface area contributed by atoms with Gasteiger partial charge in [-0.25, -0.2) is 15.4 Å². The lowest BCUT2D eigenvalue weighted by Crippen LogP contribution is -2.56. The van der Waals surface area contributed by atoms with Crippen LogP contribution in [0.25, 0.3) is 26.9 Å². The third-order valence-electron chi connectivity index (χ3n) is 10.3. The van der Waals surface area contributed by atoms with Gasteiger partial charge in [0.1, 0.15) is 24.3 Å². The first kappa shape index (κ1) is 29.6. The molecule has 0 radical (unpaired) electrons. The first-order valence-electron chi connectivity index (χ1n) is 16.1. The second-order valence-electron chi connectivity index (χ2n) is 12.9. The number of carbonyl (C=O) groups is 1. The fraction of sp³-hybridized carbons (Fsp3) is 0.486. The summed E-state index contributed by atoms with van der Waals surface area (Å²) in [5.74, 6) is -1.72. The average molecular weight is 613 g/mol. The number of fused-ring (bicyclic) bond motifs is 3. The summed E-state index contributed by atoms with van der Waals surface area (Å²) >= 11 is 0. The fourth-order valence-corrected chi connectivity index (χ4v) is 8.05. The summed E-state index contributed by atoms with van der Waals surface area (Å²) in [7, 11) is 0. The van der Waals surface area contributed by atoms with Crippen molar-refractivity contribution in [1.29, 1.82) is 0 Å². The van der Waals surface area contributed by atoms with Gasteiger partial charge >= 0.3 is 6.01 Å². The lowest BCUT2D eigenvalue weighted by molar-refractivity contribution is -0.131. The molecule has 8 nitrogen and oxygen atoms in total. The molecule has 2 aromatic carbocycles. The van der Waals surface area contributed by atoms with E-state index in [4.69, 9.17) is 21.3 Å². The van der Waals surface area contributed by atoms with Crippen LogP contribution in [0.15, 0.2) is 42.7 Å². The Morgan fingerprint density at radius 3 is 2.64 bits per heavy atom. The highest BCUT2D eigenvalue weighted by atomic mass is 19.1. The Labute approximate surface area is 262 Å². The molecular formula is C35H38F2N6O2. The molecule has 4 aliphatic rings. The number of anilines is 1. The molecule has 10 heteroatoms. The zero-order valence-corrected chi connectivity index (χ0v) is 25.5. The molecule has 0 N–H and O–H groups in total. The summed E-state index contributed by atoms with van der Waals surface area (Å²) in [4.78, 5) is 31.6. The van der Waals surface area contributed by atoms with E-state index in [1.54, 1.807) is 0 Å². The van der Waals surface area contributed by atoms with E-state index in [-0.39, 0.29) is 37.0 Å². The Balaban J connectivity index is 1.29. The number of hydrogen-bond donors (Lipinski definition) is 0. The van der Waals surface area contributed by atoms with Crippen molar-refractivity contribution >= 4 is 22.6 Å². The van der Waals surface area contributed by atoms with Gasteiger partial charge < -0.3 is 19.4 Å².